The molecule has 0 atom stereocenters. The third-order valence-electron chi connectivity index (χ3n) is 2.44. The molecule has 1 heterocycles. The Bertz CT molecular complexity index is 253. The lowest BCUT2D eigenvalue weighted by atomic mass is 10.2. The van der Waals surface area contributed by atoms with E-state index in [1.54, 1.807) is 0 Å². The highest BCUT2D eigenvalue weighted by Crippen LogP contribution is 2.07. The minimum atomic E-state index is -6.00. The van der Waals surface area contributed by atoms with Gasteiger partial charge in [-0.2, -0.15) is 0 Å². The van der Waals surface area contributed by atoms with E-state index in [1.165, 1.54) is 38.3 Å². The van der Waals surface area contributed by atoms with Crippen LogP contribution in [0.2, 0.25) is 0 Å². The molecule has 0 bridgehead atoms. The van der Waals surface area contributed by atoms with Gasteiger partial charge in [-0.3, -0.25) is 14.4 Å². The van der Waals surface area contributed by atoms with Crippen molar-refractivity contribution < 1.29 is 21.8 Å². The van der Waals surface area contributed by atoms with Crippen LogP contribution in [0.15, 0.2) is 0 Å². The summed E-state index contributed by atoms with van der Waals surface area (Å²) in [4.78, 5) is 4.40. The molecule has 0 unspecified atom stereocenters. The van der Waals surface area contributed by atoms with Crippen LogP contribution in [-0.4, -0.2) is 68.9 Å². The maximum atomic E-state index is 9.75. The fourth-order valence-electron chi connectivity index (χ4n) is 2.06. The molecule has 18 heavy (non-hydrogen) atoms. The van der Waals surface area contributed by atoms with Gasteiger partial charge >= 0.3 is 13.2 Å². The molecule has 0 aromatic rings. The first-order chi connectivity index (χ1) is 8.13. The average Bonchev–Trinajstić information content (AvgIpc) is 2.15. The van der Waals surface area contributed by atoms with Crippen LogP contribution < -0.4 is 0 Å². The molecule has 0 aromatic carbocycles. The van der Waals surface area contributed by atoms with Crippen molar-refractivity contribution in [2.45, 2.75) is 19.3 Å². The number of hydrogen-bond donors (Lipinski definition) is 0. The summed E-state index contributed by atoms with van der Waals surface area (Å²) >= 11 is 0. The SMILES string of the molecule is CN(C)C(N(C)C)=[N+]1CCCCC1.F[B-](F)(F)F. The molecule has 8 heteroatoms. The second-order valence-corrected chi connectivity index (χ2v) is 4.63. The third-order valence-corrected chi connectivity index (χ3v) is 2.44. The highest BCUT2D eigenvalue weighted by Gasteiger charge is 2.21. The lowest BCUT2D eigenvalue weighted by molar-refractivity contribution is -0.546. The number of guanidine groups is 1. The predicted octanol–water partition coefficient (Wildman–Crippen LogP) is 1.96. The van der Waals surface area contributed by atoms with Crippen LogP contribution in [0.5, 0.6) is 0 Å². The number of nitrogens with zero attached hydrogens (tertiary/aromatic N) is 3. The van der Waals surface area contributed by atoms with Gasteiger partial charge in [0, 0.05) is 0 Å². The molecule has 1 aliphatic heterocycles. The first-order valence-corrected chi connectivity index (χ1v) is 5.97. The highest BCUT2D eigenvalue weighted by atomic mass is 19.5. The van der Waals surface area contributed by atoms with E-state index < -0.39 is 7.25 Å². The van der Waals surface area contributed by atoms with Crippen molar-refractivity contribution >= 4 is 13.2 Å². The predicted molar refractivity (Wildman–Crippen MR) is 66.4 cm³/mol. The number of hydrogen-bond acceptors (Lipinski definition) is 0. The Morgan fingerprint density at radius 3 is 1.44 bits per heavy atom. The fourth-order valence-corrected chi connectivity index (χ4v) is 2.06. The first-order valence-electron chi connectivity index (χ1n) is 5.97. The quantitative estimate of drug-likeness (QED) is 0.288. The van der Waals surface area contributed by atoms with E-state index >= 15 is 0 Å². The van der Waals surface area contributed by atoms with Crippen molar-refractivity contribution in [3.63, 3.8) is 0 Å². The topological polar surface area (TPSA) is 9.49 Å². The van der Waals surface area contributed by atoms with E-state index in [0.717, 1.165) is 0 Å². The summed E-state index contributed by atoms with van der Waals surface area (Å²) < 4.78 is 41.5. The van der Waals surface area contributed by atoms with Gasteiger partial charge in [-0.15, -0.1) is 0 Å². The molecule has 0 aliphatic carbocycles. The van der Waals surface area contributed by atoms with E-state index in [9.17, 15) is 17.3 Å². The van der Waals surface area contributed by atoms with Crippen LogP contribution in [0, 0.1) is 0 Å². The summed E-state index contributed by atoms with van der Waals surface area (Å²) in [5.41, 5.74) is 0. The molecule has 0 radical (unpaired) electrons. The second-order valence-electron chi connectivity index (χ2n) is 4.63. The molecule has 1 rings (SSSR count). The summed E-state index contributed by atoms with van der Waals surface area (Å²) in [6, 6.07) is 0. The zero-order valence-corrected chi connectivity index (χ0v) is 11.5. The number of rotatable bonds is 0. The Balaban J connectivity index is 0.000000494. The Morgan fingerprint density at radius 1 is 0.833 bits per heavy atom. The second kappa shape index (κ2) is 7.48. The molecular weight excluding hydrogens is 249 g/mol. The van der Waals surface area contributed by atoms with E-state index in [4.69, 9.17) is 0 Å². The van der Waals surface area contributed by atoms with Crippen LogP contribution in [0.25, 0.3) is 0 Å². The van der Waals surface area contributed by atoms with Crippen molar-refractivity contribution in [1.29, 1.82) is 0 Å². The van der Waals surface area contributed by atoms with Gasteiger partial charge in [-0.25, -0.2) is 0 Å². The largest absolute Gasteiger partial charge is 0.673 e. The van der Waals surface area contributed by atoms with E-state index in [2.05, 4.69) is 42.6 Å². The zero-order valence-electron chi connectivity index (χ0n) is 11.5. The van der Waals surface area contributed by atoms with Gasteiger partial charge in [0.25, 0.3) is 0 Å². The minimum Gasteiger partial charge on any atom is -0.418 e. The van der Waals surface area contributed by atoms with Crippen molar-refractivity contribution in [2.75, 3.05) is 41.3 Å². The van der Waals surface area contributed by atoms with Crippen molar-refractivity contribution in [3.05, 3.63) is 0 Å². The van der Waals surface area contributed by atoms with Crippen LogP contribution in [-0.2, 0) is 0 Å². The van der Waals surface area contributed by atoms with Crippen molar-refractivity contribution in [3.8, 4) is 0 Å². The monoisotopic (exact) mass is 271 g/mol. The first kappa shape index (κ1) is 17.1. The van der Waals surface area contributed by atoms with Gasteiger partial charge < -0.3 is 17.3 Å². The molecule has 108 valence electrons. The molecule has 3 nitrogen and oxygen atoms in total. The molecule has 1 saturated heterocycles. The third kappa shape index (κ3) is 8.19. The van der Waals surface area contributed by atoms with Crippen LogP contribution in [0.4, 0.5) is 17.3 Å². The van der Waals surface area contributed by atoms with E-state index in [1.807, 2.05) is 0 Å². The molecule has 0 aromatic heterocycles. The standard InChI is InChI=1S/C10H22N3.BF4/c1-11(2)10(12(3)4)13-8-6-5-7-9-13;2-1(3,4)5/h5-9H2,1-4H3;/q+1;-1. The molecule has 0 amide bonds. The lowest BCUT2D eigenvalue weighted by Crippen LogP contribution is -2.44. The van der Waals surface area contributed by atoms with Gasteiger partial charge in [0.15, 0.2) is 0 Å². The number of halogens is 4. The molecule has 1 fully saturated rings. The van der Waals surface area contributed by atoms with E-state index in [-0.39, 0.29) is 0 Å². The molecule has 0 saturated carbocycles. The summed E-state index contributed by atoms with van der Waals surface area (Å²) in [5, 5.41) is 0. The maximum Gasteiger partial charge on any atom is 0.673 e. The van der Waals surface area contributed by atoms with Gasteiger partial charge in [0.2, 0.25) is 0 Å². The summed E-state index contributed by atoms with van der Waals surface area (Å²) in [7, 11) is 2.46. The molecule has 0 N–H and O–H groups in total. The van der Waals surface area contributed by atoms with Gasteiger partial charge in [-0.1, -0.05) is 0 Å². The summed E-state index contributed by atoms with van der Waals surface area (Å²) in [6.45, 7) is 2.43. The Kier molecular flexibility index (Phi) is 7.09. The Labute approximate surface area is 106 Å². The molecule has 1 aliphatic rings. The highest BCUT2D eigenvalue weighted by molar-refractivity contribution is 6.50. The smallest absolute Gasteiger partial charge is 0.418 e. The maximum absolute atomic E-state index is 9.75. The normalized spacial score (nSPS) is 15.7. The Morgan fingerprint density at radius 2 is 1.17 bits per heavy atom. The van der Waals surface area contributed by atoms with Crippen LogP contribution in [0.3, 0.4) is 0 Å². The minimum absolute atomic E-state index is 1.21. The fraction of sp³-hybridized carbons (Fsp3) is 0.900. The van der Waals surface area contributed by atoms with Crippen molar-refractivity contribution in [2.24, 2.45) is 0 Å². The Hall–Kier alpha value is -0.945. The molecular formula is C10H22BF4N3. The average molecular weight is 271 g/mol. The summed E-state index contributed by atoms with van der Waals surface area (Å²) in [6.07, 6.45) is 4.07. The van der Waals surface area contributed by atoms with Crippen LogP contribution in [0.1, 0.15) is 19.3 Å². The summed E-state index contributed by atoms with van der Waals surface area (Å²) in [5.74, 6) is 1.33. The van der Waals surface area contributed by atoms with Gasteiger partial charge in [0.1, 0.15) is 0 Å². The van der Waals surface area contributed by atoms with Crippen LogP contribution >= 0.6 is 0 Å². The van der Waals surface area contributed by atoms with Gasteiger partial charge in [-0.05, 0) is 19.3 Å². The van der Waals surface area contributed by atoms with Gasteiger partial charge in [0.05, 0.1) is 41.3 Å². The van der Waals surface area contributed by atoms with Crippen molar-refractivity contribution in [1.82, 2.24) is 9.80 Å². The van der Waals surface area contributed by atoms with E-state index in [0.29, 0.717) is 0 Å². The molecule has 0 spiro atoms. The lowest BCUT2D eigenvalue weighted by Gasteiger charge is -2.23. The zero-order chi connectivity index (χ0) is 14.3. The number of piperidine rings is 1.